The first kappa shape index (κ1) is 11.6. The first-order valence-corrected chi connectivity index (χ1v) is 6.19. The second-order valence-electron chi connectivity index (χ2n) is 2.85. The quantitative estimate of drug-likeness (QED) is 0.857. The number of halogens is 1. The van der Waals surface area contributed by atoms with E-state index in [0.29, 0.717) is 6.42 Å². The minimum Gasteiger partial charge on any atom is -0.481 e. The van der Waals surface area contributed by atoms with E-state index in [-0.39, 0.29) is 6.42 Å². The molecule has 4 heteroatoms. The number of thioether (sulfide) groups is 1. The van der Waals surface area contributed by atoms with Gasteiger partial charge in [-0.15, -0.1) is 11.8 Å². The summed E-state index contributed by atoms with van der Waals surface area (Å²) in [4.78, 5) is 11.6. The SMILES string of the molecule is CSc1ccc(CCC(=O)O)c(Br)c1. The summed E-state index contributed by atoms with van der Waals surface area (Å²) in [5.74, 6) is -0.758. The van der Waals surface area contributed by atoms with E-state index in [2.05, 4.69) is 15.9 Å². The molecule has 1 aromatic rings. The van der Waals surface area contributed by atoms with Crippen LogP contribution in [0.1, 0.15) is 12.0 Å². The van der Waals surface area contributed by atoms with Crippen LogP contribution in [0.2, 0.25) is 0 Å². The maximum absolute atomic E-state index is 10.4. The van der Waals surface area contributed by atoms with Crippen LogP contribution in [0.4, 0.5) is 0 Å². The molecule has 0 radical (unpaired) electrons. The third-order valence-corrected chi connectivity index (χ3v) is 3.33. The maximum Gasteiger partial charge on any atom is 0.303 e. The van der Waals surface area contributed by atoms with Gasteiger partial charge in [-0.05, 0) is 30.4 Å². The summed E-state index contributed by atoms with van der Waals surface area (Å²) in [5.41, 5.74) is 1.05. The number of hydrogen-bond acceptors (Lipinski definition) is 2. The Morgan fingerprint density at radius 3 is 2.79 bits per heavy atom. The number of carboxylic acid groups (broad SMARTS) is 1. The maximum atomic E-state index is 10.4. The molecule has 0 saturated carbocycles. The van der Waals surface area contributed by atoms with Gasteiger partial charge < -0.3 is 5.11 Å². The molecular formula is C10H11BrO2S. The summed E-state index contributed by atoms with van der Waals surface area (Å²) < 4.78 is 0.991. The highest BCUT2D eigenvalue weighted by Crippen LogP contribution is 2.24. The van der Waals surface area contributed by atoms with Crippen molar-refractivity contribution in [2.75, 3.05) is 6.26 Å². The fourth-order valence-corrected chi connectivity index (χ4v) is 2.27. The Kier molecular flexibility index (Phi) is 4.48. The molecule has 0 unspecified atom stereocenters. The highest BCUT2D eigenvalue weighted by molar-refractivity contribution is 9.10. The fourth-order valence-electron chi connectivity index (χ4n) is 1.10. The van der Waals surface area contributed by atoms with Crippen LogP contribution in [-0.2, 0) is 11.2 Å². The molecule has 76 valence electrons. The molecule has 1 N–H and O–H groups in total. The molecule has 0 atom stereocenters. The molecule has 0 aliphatic heterocycles. The average molecular weight is 275 g/mol. The highest BCUT2D eigenvalue weighted by Gasteiger charge is 2.03. The van der Waals surface area contributed by atoms with Gasteiger partial charge in [0.15, 0.2) is 0 Å². The molecular weight excluding hydrogens is 264 g/mol. The first-order chi connectivity index (χ1) is 6.63. The standard InChI is InChI=1S/C10H11BrO2S/c1-14-8-4-2-7(9(11)6-8)3-5-10(12)13/h2,4,6H,3,5H2,1H3,(H,12,13). The van der Waals surface area contributed by atoms with Gasteiger partial charge in [0.05, 0.1) is 0 Å². The Morgan fingerprint density at radius 2 is 2.29 bits per heavy atom. The van der Waals surface area contributed by atoms with Crippen molar-refractivity contribution in [2.45, 2.75) is 17.7 Å². The van der Waals surface area contributed by atoms with Gasteiger partial charge >= 0.3 is 5.97 Å². The Balaban J connectivity index is 2.73. The Bertz CT molecular complexity index is 339. The lowest BCUT2D eigenvalue weighted by atomic mass is 10.1. The van der Waals surface area contributed by atoms with Crippen molar-refractivity contribution in [2.24, 2.45) is 0 Å². The second-order valence-corrected chi connectivity index (χ2v) is 4.59. The zero-order valence-corrected chi connectivity index (χ0v) is 10.2. The number of rotatable bonds is 4. The molecule has 0 aliphatic rings. The molecule has 0 amide bonds. The molecule has 0 fully saturated rings. The first-order valence-electron chi connectivity index (χ1n) is 4.17. The van der Waals surface area contributed by atoms with Gasteiger partial charge in [0.25, 0.3) is 0 Å². The lowest BCUT2D eigenvalue weighted by Crippen LogP contribution is -1.97. The van der Waals surface area contributed by atoms with Crippen LogP contribution in [0, 0.1) is 0 Å². The molecule has 0 bridgehead atoms. The van der Waals surface area contributed by atoms with Gasteiger partial charge in [0.2, 0.25) is 0 Å². The molecule has 0 aromatic heterocycles. The van der Waals surface area contributed by atoms with Gasteiger partial charge in [-0.2, -0.15) is 0 Å². The number of carbonyl (C=O) groups is 1. The van der Waals surface area contributed by atoms with Gasteiger partial charge in [-0.25, -0.2) is 0 Å². The third kappa shape index (κ3) is 3.35. The number of aliphatic carboxylic acids is 1. The van der Waals surface area contributed by atoms with Crippen molar-refractivity contribution in [1.82, 2.24) is 0 Å². The van der Waals surface area contributed by atoms with Crippen molar-refractivity contribution in [3.63, 3.8) is 0 Å². The van der Waals surface area contributed by atoms with E-state index in [1.165, 1.54) is 4.90 Å². The molecule has 1 aromatic carbocycles. The molecule has 0 saturated heterocycles. The van der Waals surface area contributed by atoms with Gasteiger partial charge in [-0.3, -0.25) is 4.79 Å². The van der Waals surface area contributed by atoms with E-state index in [1.807, 2.05) is 24.5 Å². The highest BCUT2D eigenvalue weighted by atomic mass is 79.9. The van der Waals surface area contributed by atoms with Crippen LogP contribution in [0.5, 0.6) is 0 Å². The van der Waals surface area contributed by atoms with Crippen LogP contribution in [0.25, 0.3) is 0 Å². The topological polar surface area (TPSA) is 37.3 Å². The predicted molar refractivity (Wildman–Crippen MR) is 61.9 cm³/mol. The van der Waals surface area contributed by atoms with Crippen LogP contribution >= 0.6 is 27.7 Å². The third-order valence-electron chi connectivity index (χ3n) is 1.87. The minimum atomic E-state index is -0.758. The van der Waals surface area contributed by atoms with Crippen molar-refractivity contribution in [3.05, 3.63) is 28.2 Å². The largest absolute Gasteiger partial charge is 0.481 e. The van der Waals surface area contributed by atoms with Gasteiger partial charge in [-0.1, -0.05) is 22.0 Å². The number of aryl methyl sites for hydroxylation is 1. The van der Waals surface area contributed by atoms with E-state index in [1.54, 1.807) is 11.8 Å². The molecule has 0 aliphatic carbocycles. The summed E-state index contributed by atoms with van der Waals surface area (Å²) in [5, 5.41) is 8.55. The minimum absolute atomic E-state index is 0.178. The number of carboxylic acids is 1. The van der Waals surface area contributed by atoms with Crippen molar-refractivity contribution in [3.8, 4) is 0 Å². The van der Waals surface area contributed by atoms with Gasteiger partial charge in [0.1, 0.15) is 0 Å². The van der Waals surface area contributed by atoms with E-state index in [0.717, 1.165) is 10.0 Å². The lowest BCUT2D eigenvalue weighted by Gasteiger charge is -2.04. The fraction of sp³-hybridized carbons (Fsp3) is 0.300. The predicted octanol–water partition coefficient (Wildman–Crippen LogP) is 3.19. The Morgan fingerprint density at radius 1 is 1.57 bits per heavy atom. The van der Waals surface area contributed by atoms with Crippen LogP contribution < -0.4 is 0 Å². The normalized spacial score (nSPS) is 10.1. The summed E-state index contributed by atoms with van der Waals surface area (Å²) >= 11 is 5.10. The van der Waals surface area contributed by atoms with Gasteiger partial charge in [0, 0.05) is 15.8 Å². The molecule has 0 heterocycles. The van der Waals surface area contributed by atoms with Crippen LogP contribution in [-0.4, -0.2) is 17.3 Å². The Labute approximate surface area is 95.8 Å². The van der Waals surface area contributed by atoms with Crippen molar-refractivity contribution < 1.29 is 9.90 Å². The summed E-state index contributed by atoms with van der Waals surface area (Å²) in [7, 11) is 0. The second kappa shape index (κ2) is 5.41. The zero-order chi connectivity index (χ0) is 10.6. The molecule has 2 nitrogen and oxygen atoms in total. The van der Waals surface area contributed by atoms with Crippen molar-refractivity contribution >= 4 is 33.7 Å². The van der Waals surface area contributed by atoms with Crippen molar-refractivity contribution in [1.29, 1.82) is 0 Å². The Hall–Kier alpha value is -0.480. The summed E-state index contributed by atoms with van der Waals surface area (Å²) in [6.45, 7) is 0. The monoisotopic (exact) mass is 274 g/mol. The molecule has 14 heavy (non-hydrogen) atoms. The summed E-state index contributed by atoms with van der Waals surface area (Å²) in [6.07, 6.45) is 2.76. The van der Waals surface area contributed by atoms with E-state index in [9.17, 15) is 4.79 Å². The van der Waals surface area contributed by atoms with Crippen LogP contribution in [0.3, 0.4) is 0 Å². The average Bonchev–Trinajstić information content (AvgIpc) is 2.15. The van der Waals surface area contributed by atoms with E-state index in [4.69, 9.17) is 5.11 Å². The van der Waals surface area contributed by atoms with E-state index < -0.39 is 5.97 Å². The summed E-state index contributed by atoms with van der Waals surface area (Å²) in [6, 6.07) is 5.99. The lowest BCUT2D eigenvalue weighted by molar-refractivity contribution is -0.136. The number of benzene rings is 1. The molecule has 0 spiro atoms. The van der Waals surface area contributed by atoms with E-state index >= 15 is 0 Å². The number of hydrogen-bond donors (Lipinski definition) is 1. The van der Waals surface area contributed by atoms with Crippen LogP contribution in [0.15, 0.2) is 27.6 Å². The smallest absolute Gasteiger partial charge is 0.303 e. The zero-order valence-electron chi connectivity index (χ0n) is 7.79. The molecule has 1 rings (SSSR count).